The molecule has 6 nitrogen and oxygen atoms in total. The van der Waals surface area contributed by atoms with Gasteiger partial charge in [0.05, 0.1) is 18.9 Å². The molecule has 0 unspecified atom stereocenters. The van der Waals surface area contributed by atoms with Crippen LogP contribution in [-0.4, -0.2) is 25.2 Å². The van der Waals surface area contributed by atoms with Gasteiger partial charge in [-0.25, -0.2) is 10.2 Å². The smallest absolute Gasteiger partial charge is 0.343 e. The van der Waals surface area contributed by atoms with Crippen LogP contribution in [-0.2, 0) is 0 Å². The normalized spacial score (nSPS) is 10.6. The van der Waals surface area contributed by atoms with E-state index in [1.54, 1.807) is 67.8 Å². The Morgan fingerprint density at radius 2 is 1.59 bits per heavy atom. The van der Waals surface area contributed by atoms with E-state index in [1.165, 1.54) is 6.21 Å². The van der Waals surface area contributed by atoms with Crippen molar-refractivity contribution in [3.63, 3.8) is 0 Å². The number of benzene rings is 3. The predicted molar refractivity (Wildman–Crippen MR) is 111 cm³/mol. The highest BCUT2D eigenvalue weighted by Gasteiger charge is 2.09. The highest BCUT2D eigenvalue weighted by atomic mass is 16.5. The molecule has 1 N–H and O–H groups in total. The van der Waals surface area contributed by atoms with Gasteiger partial charge in [0, 0.05) is 5.56 Å². The van der Waals surface area contributed by atoms with Gasteiger partial charge >= 0.3 is 5.97 Å². The summed E-state index contributed by atoms with van der Waals surface area (Å²) in [4.78, 5) is 24.3. The lowest BCUT2D eigenvalue weighted by Crippen LogP contribution is -2.17. The van der Waals surface area contributed by atoms with Crippen LogP contribution >= 0.6 is 0 Å². The maximum atomic E-state index is 12.3. The minimum absolute atomic E-state index is 0.302. The Labute approximate surface area is 168 Å². The molecule has 0 bridgehead atoms. The molecule has 0 heterocycles. The second kappa shape index (κ2) is 9.32. The number of hydrogen-bond donors (Lipinski definition) is 1. The first kappa shape index (κ1) is 19.8. The SMILES string of the molecule is COc1ccc(C(=O)Oc2cccc(C=NNC(=O)c3ccc(C)cc3)c2)cc1. The van der Waals surface area contributed by atoms with Crippen molar-refractivity contribution in [2.24, 2.45) is 5.10 Å². The molecule has 0 saturated carbocycles. The van der Waals surface area contributed by atoms with E-state index in [0.29, 0.717) is 28.2 Å². The van der Waals surface area contributed by atoms with Crippen LogP contribution in [0, 0.1) is 6.92 Å². The Hall–Kier alpha value is -3.93. The molecule has 0 atom stereocenters. The zero-order valence-electron chi connectivity index (χ0n) is 16.1. The summed E-state index contributed by atoms with van der Waals surface area (Å²) in [5.41, 5.74) is 5.16. The molecule has 146 valence electrons. The molecule has 0 aromatic heterocycles. The number of amides is 1. The summed E-state index contributed by atoms with van der Waals surface area (Å²) in [5.74, 6) is 0.254. The van der Waals surface area contributed by atoms with Crippen LogP contribution in [0.2, 0.25) is 0 Å². The monoisotopic (exact) mass is 388 g/mol. The molecule has 3 rings (SSSR count). The van der Waals surface area contributed by atoms with Crippen LogP contribution in [0.15, 0.2) is 77.9 Å². The van der Waals surface area contributed by atoms with Gasteiger partial charge in [0.15, 0.2) is 0 Å². The number of esters is 1. The average molecular weight is 388 g/mol. The number of nitrogens with zero attached hydrogens (tertiary/aromatic N) is 1. The maximum Gasteiger partial charge on any atom is 0.343 e. The van der Waals surface area contributed by atoms with Crippen molar-refractivity contribution in [2.75, 3.05) is 7.11 Å². The Morgan fingerprint density at radius 3 is 2.28 bits per heavy atom. The number of nitrogens with one attached hydrogen (secondary N) is 1. The Morgan fingerprint density at radius 1 is 0.897 bits per heavy atom. The molecule has 0 radical (unpaired) electrons. The van der Waals surface area contributed by atoms with Crippen molar-refractivity contribution in [1.82, 2.24) is 5.43 Å². The molecule has 6 heteroatoms. The molecular formula is C23H20N2O4. The van der Waals surface area contributed by atoms with E-state index < -0.39 is 5.97 Å². The summed E-state index contributed by atoms with van der Waals surface area (Å²) in [5, 5.41) is 3.96. The lowest BCUT2D eigenvalue weighted by molar-refractivity contribution is 0.0734. The van der Waals surface area contributed by atoms with Gasteiger partial charge < -0.3 is 9.47 Å². The standard InChI is InChI=1S/C23H20N2O4/c1-16-6-8-18(9-7-16)22(26)25-24-15-17-4-3-5-21(14-17)29-23(27)19-10-12-20(28-2)13-11-19/h3-15H,1-2H3,(H,25,26). The van der Waals surface area contributed by atoms with Crippen molar-refractivity contribution in [2.45, 2.75) is 6.92 Å². The number of methoxy groups -OCH3 is 1. The second-order valence-electron chi connectivity index (χ2n) is 6.26. The molecule has 0 saturated heterocycles. The van der Waals surface area contributed by atoms with Crippen LogP contribution < -0.4 is 14.9 Å². The van der Waals surface area contributed by atoms with E-state index in [4.69, 9.17) is 9.47 Å². The summed E-state index contributed by atoms with van der Waals surface area (Å²) >= 11 is 0. The molecule has 3 aromatic carbocycles. The van der Waals surface area contributed by atoms with Crippen molar-refractivity contribution >= 4 is 18.1 Å². The minimum atomic E-state index is -0.477. The van der Waals surface area contributed by atoms with Gasteiger partial charge in [0.2, 0.25) is 0 Å². The Balaban J connectivity index is 1.61. The van der Waals surface area contributed by atoms with E-state index in [1.807, 2.05) is 19.1 Å². The fourth-order valence-electron chi connectivity index (χ4n) is 2.49. The van der Waals surface area contributed by atoms with Crippen LogP contribution in [0.25, 0.3) is 0 Å². The fraction of sp³-hybridized carbons (Fsp3) is 0.0870. The molecule has 1 amide bonds. The first-order valence-corrected chi connectivity index (χ1v) is 8.91. The summed E-state index contributed by atoms with van der Waals surface area (Å²) in [6.07, 6.45) is 1.48. The van der Waals surface area contributed by atoms with Crippen LogP contribution in [0.4, 0.5) is 0 Å². The fourth-order valence-corrected chi connectivity index (χ4v) is 2.49. The van der Waals surface area contributed by atoms with E-state index >= 15 is 0 Å². The first-order valence-electron chi connectivity index (χ1n) is 8.91. The van der Waals surface area contributed by atoms with Gasteiger partial charge in [0.1, 0.15) is 11.5 Å². The molecule has 0 aliphatic heterocycles. The zero-order valence-corrected chi connectivity index (χ0v) is 16.1. The molecule has 0 aliphatic carbocycles. The number of aryl methyl sites for hydroxylation is 1. The van der Waals surface area contributed by atoms with Gasteiger partial charge in [0.25, 0.3) is 5.91 Å². The van der Waals surface area contributed by atoms with E-state index in [-0.39, 0.29) is 5.91 Å². The van der Waals surface area contributed by atoms with Gasteiger partial charge in [-0.1, -0.05) is 29.8 Å². The third-order valence-corrected chi connectivity index (χ3v) is 4.09. The molecule has 0 fully saturated rings. The van der Waals surface area contributed by atoms with E-state index in [2.05, 4.69) is 10.5 Å². The third-order valence-electron chi connectivity index (χ3n) is 4.09. The summed E-state index contributed by atoms with van der Waals surface area (Å²) < 4.78 is 10.5. The van der Waals surface area contributed by atoms with Crippen LogP contribution in [0.5, 0.6) is 11.5 Å². The number of hydrazone groups is 1. The summed E-state index contributed by atoms with van der Waals surface area (Å²) in [6.45, 7) is 1.95. The van der Waals surface area contributed by atoms with Crippen LogP contribution in [0.3, 0.4) is 0 Å². The second-order valence-corrected chi connectivity index (χ2v) is 6.26. The van der Waals surface area contributed by atoms with Gasteiger partial charge in [-0.15, -0.1) is 0 Å². The van der Waals surface area contributed by atoms with E-state index in [0.717, 1.165) is 5.56 Å². The largest absolute Gasteiger partial charge is 0.497 e. The number of ether oxygens (including phenoxy) is 2. The maximum absolute atomic E-state index is 12.3. The lowest BCUT2D eigenvalue weighted by Gasteiger charge is -2.06. The van der Waals surface area contributed by atoms with Crippen LogP contribution in [0.1, 0.15) is 31.8 Å². The zero-order chi connectivity index (χ0) is 20.6. The highest BCUT2D eigenvalue weighted by molar-refractivity contribution is 5.95. The van der Waals surface area contributed by atoms with Crippen molar-refractivity contribution < 1.29 is 19.1 Å². The third kappa shape index (κ3) is 5.52. The molecule has 0 aliphatic rings. The Bertz CT molecular complexity index is 1030. The average Bonchev–Trinajstić information content (AvgIpc) is 2.74. The summed E-state index contributed by atoms with van der Waals surface area (Å²) in [7, 11) is 1.56. The first-order chi connectivity index (χ1) is 14.0. The van der Waals surface area contributed by atoms with E-state index in [9.17, 15) is 9.59 Å². The molecule has 0 spiro atoms. The minimum Gasteiger partial charge on any atom is -0.497 e. The van der Waals surface area contributed by atoms with Gasteiger partial charge in [-0.3, -0.25) is 4.79 Å². The Kier molecular flexibility index (Phi) is 6.37. The van der Waals surface area contributed by atoms with Crippen molar-refractivity contribution in [1.29, 1.82) is 0 Å². The predicted octanol–water partition coefficient (Wildman–Crippen LogP) is 3.99. The molecule has 29 heavy (non-hydrogen) atoms. The topological polar surface area (TPSA) is 77.0 Å². The number of carbonyl (C=O) groups is 2. The van der Waals surface area contributed by atoms with Gasteiger partial charge in [-0.2, -0.15) is 5.10 Å². The number of rotatable bonds is 6. The molecule has 3 aromatic rings. The highest BCUT2D eigenvalue weighted by Crippen LogP contribution is 2.16. The van der Waals surface area contributed by atoms with Gasteiger partial charge in [-0.05, 0) is 61.0 Å². The number of carbonyl (C=O) groups excluding carboxylic acids is 2. The molecular weight excluding hydrogens is 368 g/mol. The van der Waals surface area contributed by atoms with Crippen molar-refractivity contribution in [3.05, 3.63) is 95.1 Å². The quantitative estimate of drug-likeness (QED) is 0.300. The summed E-state index contributed by atoms with van der Waals surface area (Å²) in [6, 6.07) is 20.7. The number of hydrogen-bond acceptors (Lipinski definition) is 5. The van der Waals surface area contributed by atoms with Crippen molar-refractivity contribution in [3.8, 4) is 11.5 Å². The lowest BCUT2D eigenvalue weighted by atomic mass is 10.1.